The normalized spacial score (nSPS) is 11.3. The average molecular weight is 273 g/mol. The van der Waals surface area contributed by atoms with E-state index >= 15 is 0 Å². The van der Waals surface area contributed by atoms with E-state index in [9.17, 15) is 4.79 Å². The van der Waals surface area contributed by atoms with Crippen LogP contribution in [0.4, 0.5) is 5.69 Å². The summed E-state index contributed by atoms with van der Waals surface area (Å²) < 4.78 is 10.8. The van der Waals surface area contributed by atoms with E-state index in [1.807, 2.05) is 45.0 Å². The summed E-state index contributed by atoms with van der Waals surface area (Å²) in [6.45, 7) is 5.35. The minimum atomic E-state index is -0.510. The number of anilines is 1. The summed E-state index contributed by atoms with van der Waals surface area (Å²) in [5, 5.41) is 1.80. The zero-order chi connectivity index (χ0) is 14.8. The van der Waals surface area contributed by atoms with E-state index in [0.717, 1.165) is 10.8 Å². The summed E-state index contributed by atoms with van der Waals surface area (Å²) in [5.41, 5.74) is 6.09. The van der Waals surface area contributed by atoms with Gasteiger partial charge in [-0.05, 0) is 32.9 Å². The number of hydrogen-bond acceptors (Lipinski definition) is 4. The van der Waals surface area contributed by atoms with Crippen molar-refractivity contribution in [2.24, 2.45) is 0 Å². The maximum absolute atomic E-state index is 11.7. The Bertz CT molecular complexity index is 629. The fourth-order valence-corrected chi connectivity index (χ4v) is 1.93. The molecule has 0 atom stereocenters. The van der Waals surface area contributed by atoms with Crippen molar-refractivity contribution in [2.75, 3.05) is 12.3 Å². The summed E-state index contributed by atoms with van der Waals surface area (Å²) in [7, 11) is 0. The second kappa shape index (κ2) is 5.41. The number of esters is 1. The molecule has 0 aliphatic carbocycles. The average Bonchev–Trinajstić information content (AvgIpc) is 2.36. The molecule has 0 aliphatic rings. The first-order valence-electron chi connectivity index (χ1n) is 6.49. The first-order valence-corrected chi connectivity index (χ1v) is 6.49. The highest BCUT2D eigenvalue weighted by atomic mass is 16.6. The molecule has 4 heteroatoms. The number of carbonyl (C=O) groups excluding carboxylic acids is 1. The van der Waals surface area contributed by atoms with Gasteiger partial charge in [0.2, 0.25) is 0 Å². The zero-order valence-electron chi connectivity index (χ0n) is 12.0. The molecule has 0 unspecified atom stereocenters. The van der Waals surface area contributed by atoms with Crippen molar-refractivity contribution in [3.8, 4) is 5.75 Å². The minimum absolute atomic E-state index is 0.120. The molecular weight excluding hydrogens is 254 g/mol. The van der Waals surface area contributed by atoms with Crippen LogP contribution in [0.25, 0.3) is 10.8 Å². The summed E-state index contributed by atoms with van der Waals surface area (Å²) in [5.74, 6) is 0.235. The first-order chi connectivity index (χ1) is 9.37. The standard InChI is InChI=1S/C16H19NO3/c1-16(2,3)20-15(18)10-19-14-9-8-13(17)11-6-4-5-7-12(11)14/h4-9H,10,17H2,1-3H3. The maximum atomic E-state index is 11.7. The first kappa shape index (κ1) is 14.2. The van der Waals surface area contributed by atoms with Crippen molar-refractivity contribution in [1.82, 2.24) is 0 Å². The van der Waals surface area contributed by atoms with Crippen LogP contribution in [-0.2, 0) is 9.53 Å². The topological polar surface area (TPSA) is 61.5 Å². The maximum Gasteiger partial charge on any atom is 0.344 e. The highest BCUT2D eigenvalue weighted by Gasteiger charge is 2.17. The lowest BCUT2D eigenvalue weighted by molar-refractivity contribution is -0.157. The summed E-state index contributed by atoms with van der Waals surface area (Å²) >= 11 is 0. The van der Waals surface area contributed by atoms with E-state index in [-0.39, 0.29) is 6.61 Å². The molecule has 0 saturated heterocycles. The third-order valence-corrected chi connectivity index (χ3v) is 2.68. The largest absolute Gasteiger partial charge is 0.481 e. The van der Waals surface area contributed by atoms with Gasteiger partial charge in [0.15, 0.2) is 6.61 Å². The van der Waals surface area contributed by atoms with Crippen LogP contribution in [0.2, 0.25) is 0 Å². The molecule has 2 aromatic rings. The van der Waals surface area contributed by atoms with E-state index in [1.54, 1.807) is 12.1 Å². The molecule has 0 amide bonds. The summed E-state index contributed by atoms with van der Waals surface area (Å²) in [6, 6.07) is 11.2. The van der Waals surface area contributed by atoms with Crippen LogP contribution >= 0.6 is 0 Å². The van der Waals surface area contributed by atoms with Gasteiger partial charge in [-0.3, -0.25) is 0 Å². The van der Waals surface area contributed by atoms with Crippen molar-refractivity contribution in [3.63, 3.8) is 0 Å². The van der Waals surface area contributed by atoms with Crippen LogP contribution in [0, 0.1) is 0 Å². The number of nitrogens with two attached hydrogens (primary N) is 1. The second-order valence-electron chi connectivity index (χ2n) is 5.57. The molecule has 0 heterocycles. The van der Waals surface area contributed by atoms with E-state index < -0.39 is 11.6 Å². The van der Waals surface area contributed by atoms with Gasteiger partial charge in [-0.15, -0.1) is 0 Å². The van der Waals surface area contributed by atoms with Gasteiger partial charge in [-0.2, -0.15) is 0 Å². The zero-order valence-corrected chi connectivity index (χ0v) is 12.0. The van der Waals surface area contributed by atoms with Gasteiger partial charge in [-0.25, -0.2) is 4.79 Å². The molecular formula is C16H19NO3. The van der Waals surface area contributed by atoms with Crippen molar-refractivity contribution < 1.29 is 14.3 Å². The number of fused-ring (bicyclic) bond motifs is 1. The van der Waals surface area contributed by atoms with Crippen molar-refractivity contribution in [1.29, 1.82) is 0 Å². The number of benzene rings is 2. The van der Waals surface area contributed by atoms with Gasteiger partial charge < -0.3 is 15.2 Å². The smallest absolute Gasteiger partial charge is 0.344 e. The number of carbonyl (C=O) groups is 1. The molecule has 4 nitrogen and oxygen atoms in total. The lowest BCUT2D eigenvalue weighted by Crippen LogP contribution is -2.27. The van der Waals surface area contributed by atoms with Crippen LogP contribution in [0.1, 0.15) is 20.8 Å². The highest BCUT2D eigenvalue weighted by molar-refractivity contribution is 5.97. The molecule has 0 radical (unpaired) electrons. The number of rotatable bonds is 3. The Morgan fingerprint density at radius 3 is 2.40 bits per heavy atom. The van der Waals surface area contributed by atoms with Crippen LogP contribution < -0.4 is 10.5 Å². The van der Waals surface area contributed by atoms with E-state index in [1.165, 1.54) is 0 Å². The fraction of sp³-hybridized carbons (Fsp3) is 0.312. The summed E-state index contributed by atoms with van der Waals surface area (Å²) in [6.07, 6.45) is 0. The molecule has 20 heavy (non-hydrogen) atoms. The predicted molar refractivity (Wildman–Crippen MR) is 79.7 cm³/mol. The lowest BCUT2D eigenvalue weighted by Gasteiger charge is -2.19. The van der Waals surface area contributed by atoms with Gasteiger partial charge in [-0.1, -0.05) is 24.3 Å². The van der Waals surface area contributed by atoms with Crippen molar-refractivity contribution in [2.45, 2.75) is 26.4 Å². The van der Waals surface area contributed by atoms with Gasteiger partial charge in [0.25, 0.3) is 0 Å². The highest BCUT2D eigenvalue weighted by Crippen LogP contribution is 2.29. The molecule has 0 fully saturated rings. The fourth-order valence-electron chi connectivity index (χ4n) is 1.93. The minimum Gasteiger partial charge on any atom is -0.481 e. The molecule has 106 valence electrons. The molecule has 0 aliphatic heterocycles. The van der Waals surface area contributed by atoms with Gasteiger partial charge in [0.1, 0.15) is 11.4 Å². The van der Waals surface area contributed by atoms with Gasteiger partial charge in [0.05, 0.1) is 0 Å². The Morgan fingerprint density at radius 1 is 1.10 bits per heavy atom. The Labute approximate surface area is 118 Å². The van der Waals surface area contributed by atoms with Crippen LogP contribution in [-0.4, -0.2) is 18.2 Å². The van der Waals surface area contributed by atoms with Crippen LogP contribution in [0.5, 0.6) is 5.75 Å². The van der Waals surface area contributed by atoms with Crippen molar-refractivity contribution in [3.05, 3.63) is 36.4 Å². The number of nitrogen functional groups attached to an aromatic ring is 1. The summed E-state index contributed by atoms with van der Waals surface area (Å²) in [4.78, 5) is 11.7. The monoisotopic (exact) mass is 273 g/mol. The van der Waals surface area contributed by atoms with E-state index in [0.29, 0.717) is 11.4 Å². The number of ether oxygens (including phenoxy) is 2. The molecule has 2 N–H and O–H groups in total. The van der Waals surface area contributed by atoms with Gasteiger partial charge >= 0.3 is 5.97 Å². The molecule has 0 aromatic heterocycles. The molecule has 0 spiro atoms. The van der Waals surface area contributed by atoms with Gasteiger partial charge in [0, 0.05) is 16.5 Å². The Hall–Kier alpha value is -2.23. The van der Waals surface area contributed by atoms with Crippen LogP contribution in [0.3, 0.4) is 0 Å². The van der Waals surface area contributed by atoms with Crippen molar-refractivity contribution >= 4 is 22.4 Å². The SMILES string of the molecule is CC(C)(C)OC(=O)COc1ccc(N)c2ccccc12. The third-order valence-electron chi connectivity index (χ3n) is 2.68. The quantitative estimate of drug-likeness (QED) is 0.689. The van der Waals surface area contributed by atoms with E-state index in [2.05, 4.69) is 0 Å². The Morgan fingerprint density at radius 2 is 1.75 bits per heavy atom. The molecule has 0 bridgehead atoms. The molecule has 2 aromatic carbocycles. The Balaban J connectivity index is 2.15. The second-order valence-corrected chi connectivity index (χ2v) is 5.57. The van der Waals surface area contributed by atoms with Crippen LogP contribution in [0.15, 0.2) is 36.4 Å². The Kier molecular flexibility index (Phi) is 3.84. The lowest BCUT2D eigenvalue weighted by atomic mass is 10.1. The predicted octanol–water partition coefficient (Wildman–Crippen LogP) is 3.14. The molecule has 0 saturated carbocycles. The number of hydrogen-bond donors (Lipinski definition) is 1. The molecule has 2 rings (SSSR count). The van der Waals surface area contributed by atoms with E-state index in [4.69, 9.17) is 15.2 Å². The third kappa shape index (κ3) is 3.41.